The molecule has 0 radical (unpaired) electrons. The quantitative estimate of drug-likeness (QED) is 0.805. The Morgan fingerprint density at radius 3 is 2.38 bits per heavy atom. The Morgan fingerprint density at radius 2 is 1.79 bits per heavy atom. The third-order valence-corrected chi connectivity index (χ3v) is 3.55. The van der Waals surface area contributed by atoms with Gasteiger partial charge < -0.3 is 15.0 Å². The lowest BCUT2D eigenvalue weighted by Gasteiger charge is -2.21. The molecule has 24 heavy (non-hydrogen) atoms. The molecular formula is C18H24N4O2. The van der Waals surface area contributed by atoms with Crippen molar-refractivity contribution in [1.29, 1.82) is 0 Å². The molecule has 6 nitrogen and oxygen atoms in total. The van der Waals surface area contributed by atoms with Gasteiger partial charge in [-0.2, -0.15) is 0 Å². The van der Waals surface area contributed by atoms with E-state index in [1.54, 1.807) is 24.3 Å². The van der Waals surface area contributed by atoms with Crippen molar-refractivity contribution < 1.29 is 9.53 Å². The molecule has 6 heteroatoms. The summed E-state index contributed by atoms with van der Waals surface area (Å²) in [6.45, 7) is 6.15. The van der Waals surface area contributed by atoms with Crippen molar-refractivity contribution >= 4 is 17.5 Å². The van der Waals surface area contributed by atoms with Gasteiger partial charge in [0.1, 0.15) is 5.75 Å². The molecule has 0 saturated carbocycles. The maximum absolute atomic E-state index is 12.3. The van der Waals surface area contributed by atoms with E-state index in [4.69, 9.17) is 4.74 Å². The second kappa shape index (κ2) is 8.86. The Hall–Kier alpha value is -2.63. The van der Waals surface area contributed by atoms with Crippen LogP contribution in [0.1, 0.15) is 37.0 Å². The molecular weight excluding hydrogens is 304 g/mol. The van der Waals surface area contributed by atoms with Gasteiger partial charge in [0, 0.05) is 13.1 Å². The molecule has 2 rings (SSSR count). The van der Waals surface area contributed by atoms with Crippen LogP contribution in [0.2, 0.25) is 0 Å². The third kappa shape index (κ3) is 4.44. The number of carbonyl (C=O) groups is 1. The van der Waals surface area contributed by atoms with Crippen LogP contribution in [0, 0.1) is 0 Å². The van der Waals surface area contributed by atoms with Gasteiger partial charge in [-0.1, -0.05) is 26.0 Å². The van der Waals surface area contributed by atoms with Crippen molar-refractivity contribution in [2.24, 2.45) is 0 Å². The minimum absolute atomic E-state index is 0.270. The van der Waals surface area contributed by atoms with E-state index in [2.05, 4.69) is 34.3 Å². The average Bonchev–Trinajstić information content (AvgIpc) is 2.62. The van der Waals surface area contributed by atoms with E-state index < -0.39 is 0 Å². The summed E-state index contributed by atoms with van der Waals surface area (Å²) in [5.74, 6) is 1.50. The molecule has 2 aromatic rings. The normalized spacial score (nSPS) is 10.3. The average molecular weight is 328 g/mol. The molecule has 0 aliphatic rings. The smallest absolute Gasteiger partial charge is 0.260 e. The zero-order valence-electron chi connectivity index (χ0n) is 14.5. The lowest BCUT2D eigenvalue weighted by atomic mass is 10.2. The number of para-hydroxylation sites is 1. The van der Waals surface area contributed by atoms with Gasteiger partial charge in [-0.15, -0.1) is 10.2 Å². The van der Waals surface area contributed by atoms with E-state index in [9.17, 15) is 4.79 Å². The van der Waals surface area contributed by atoms with Gasteiger partial charge in [0.05, 0.1) is 12.7 Å². The third-order valence-electron chi connectivity index (χ3n) is 3.55. The Balaban J connectivity index is 2.09. The van der Waals surface area contributed by atoms with Crippen LogP contribution in [-0.4, -0.2) is 36.3 Å². The number of amides is 1. The van der Waals surface area contributed by atoms with Crippen LogP contribution >= 0.6 is 0 Å². The van der Waals surface area contributed by atoms with E-state index in [-0.39, 0.29) is 5.91 Å². The summed E-state index contributed by atoms with van der Waals surface area (Å²) in [7, 11) is 1.54. The maximum atomic E-state index is 12.3. The van der Waals surface area contributed by atoms with E-state index in [1.165, 1.54) is 7.11 Å². The SMILES string of the molecule is CCCN(CCC)c1ccc(NC(=O)c2ccccc2OC)nn1. The number of hydrogen-bond acceptors (Lipinski definition) is 5. The molecule has 0 atom stereocenters. The Labute approximate surface area is 142 Å². The highest BCUT2D eigenvalue weighted by molar-refractivity contribution is 6.05. The van der Waals surface area contributed by atoms with Crippen LogP contribution in [-0.2, 0) is 0 Å². The van der Waals surface area contributed by atoms with Crippen molar-refractivity contribution in [2.45, 2.75) is 26.7 Å². The topological polar surface area (TPSA) is 67.4 Å². The van der Waals surface area contributed by atoms with Crippen LogP contribution in [0.3, 0.4) is 0 Å². The summed E-state index contributed by atoms with van der Waals surface area (Å²) in [6.07, 6.45) is 2.10. The standard InChI is InChI=1S/C18H24N4O2/c1-4-12-22(13-5-2)17-11-10-16(20-21-17)19-18(23)14-8-6-7-9-15(14)24-3/h6-11H,4-5,12-13H2,1-3H3,(H,19,20,23). The lowest BCUT2D eigenvalue weighted by Crippen LogP contribution is -2.26. The molecule has 128 valence electrons. The Kier molecular flexibility index (Phi) is 6.54. The minimum Gasteiger partial charge on any atom is -0.496 e. The molecule has 0 fully saturated rings. The monoisotopic (exact) mass is 328 g/mol. The number of anilines is 2. The largest absolute Gasteiger partial charge is 0.496 e. The summed E-state index contributed by atoms with van der Waals surface area (Å²) in [4.78, 5) is 14.5. The summed E-state index contributed by atoms with van der Waals surface area (Å²) < 4.78 is 5.21. The second-order valence-electron chi connectivity index (χ2n) is 5.42. The number of benzene rings is 1. The first-order valence-corrected chi connectivity index (χ1v) is 8.22. The van der Waals surface area contributed by atoms with Crippen LogP contribution < -0.4 is 15.0 Å². The molecule has 1 amide bonds. The number of nitrogens with zero attached hydrogens (tertiary/aromatic N) is 3. The number of aromatic nitrogens is 2. The molecule has 1 aromatic heterocycles. The molecule has 0 bridgehead atoms. The highest BCUT2D eigenvalue weighted by atomic mass is 16.5. The second-order valence-corrected chi connectivity index (χ2v) is 5.42. The molecule has 0 unspecified atom stereocenters. The van der Waals surface area contributed by atoms with Gasteiger partial charge in [0.2, 0.25) is 0 Å². The van der Waals surface area contributed by atoms with Gasteiger partial charge in [-0.3, -0.25) is 4.79 Å². The highest BCUT2D eigenvalue weighted by Gasteiger charge is 2.13. The van der Waals surface area contributed by atoms with E-state index in [0.29, 0.717) is 17.1 Å². The molecule has 0 spiro atoms. The first-order valence-electron chi connectivity index (χ1n) is 8.22. The van der Waals surface area contributed by atoms with Crippen molar-refractivity contribution in [3.05, 3.63) is 42.0 Å². The first-order chi connectivity index (χ1) is 11.7. The number of nitrogens with one attached hydrogen (secondary N) is 1. The van der Waals surface area contributed by atoms with Crippen LogP contribution in [0.5, 0.6) is 5.75 Å². The first kappa shape index (κ1) is 17.7. The van der Waals surface area contributed by atoms with Gasteiger partial charge in [-0.25, -0.2) is 0 Å². The van der Waals surface area contributed by atoms with Crippen molar-refractivity contribution in [3.63, 3.8) is 0 Å². The predicted molar refractivity (Wildman–Crippen MR) is 95.8 cm³/mol. The van der Waals surface area contributed by atoms with Gasteiger partial charge in [-0.05, 0) is 37.1 Å². The number of ether oxygens (including phenoxy) is 1. The Bertz CT molecular complexity index is 652. The Morgan fingerprint density at radius 1 is 1.08 bits per heavy atom. The predicted octanol–water partition coefficient (Wildman–Crippen LogP) is 3.36. The van der Waals surface area contributed by atoms with Crippen LogP contribution in [0.15, 0.2) is 36.4 Å². The molecule has 1 N–H and O–H groups in total. The van der Waals surface area contributed by atoms with Crippen LogP contribution in [0.25, 0.3) is 0 Å². The summed E-state index contributed by atoms with van der Waals surface area (Å²) in [6, 6.07) is 10.7. The minimum atomic E-state index is -0.270. The van der Waals surface area contributed by atoms with Crippen molar-refractivity contribution in [1.82, 2.24) is 10.2 Å². The molecule has 0 aliphatic carbocycles. The summed E-state index contributed by atoms with van der Waals surface area (Å²) in [5.41, 5.74) is 0.462. The van der Waals surface area contributed by atoms with E-state index >= 15 is 0 Å². The lowest BCUT2D eigenvalue weighted by molar-refractivity contribution is 0.102. The number of rotatable bonds is 8. The molecule has 0 aliphatic heterocycles. The fraction of sp³-hybridized carbons (Fsp3) is 0.389. The van der Waals surface area contributed by atoms with E-state index in [0.717, 1.165) is 31.7 Å². The molecule has 0 saturated heterocycles. The van der Waals surface area contributed by atoms with Crippen molar-refractivity contribution in [2.75, 3.05) is 30.4 Å². The van der Waals surface area contributed by atoms with Crippen LogP contribution in [0.4, 0.5) is 11.6 Å². The zero-order chi connectivity index (χ0) is 17.4. The van der Waals surface area contributed by atoms with Crippen molar-refractivity contribution in [3.8, 4) is 5.75 Å². The fourth-order valence-electron chi connectivity index (χ4n) is 2.46. The number of hydrogen-bond donors (Lipinski definition) is 1. The van der Waals surface area contributed by atoms with Gasteiger partial charge >= 0.3 is 0 Å². The zero-order valence-corrected chi connectivity index (χ0v) is 14.5. The molecule has 1 aromatic carbocycles. The maximum Gasteiger partial charge on any atom is 0.260 e. The van der Waals surface area contributed by atoms with E-state index in [1.807, 2.05) is 12.1 Å². The highest BCUT2D eigenvalue weighted by Crippen LogP contribution is 2.19. The summed E-state index contributed by atoms with van der Waals surface area (Å²) in [5, 5.41) is 11.1. The number of methoxy groups -OCH3 is 1. The van der Waals surface area contributed by atoms with Gasteiger partial charge in [0.15, 0.2) is 11.6 Å². The molecule has 1 heterocycles. The van der Waals surface area contributed by atoms with Gasteiger partial charge in [0.25, 0.3) is 5.91 Å². The summed E-state index contributed by atoms with van der Waals surface area (Å²) >= 11 is 0. The number of carbonyl (C=O) groups excluding carboxylic acids is 1. The fourth-order valence-corrected chi connectivity index (χ4v) is 2.46.